The monoisotopic (exact) mass is 283 g/mol. The SMILES string of the molecule is NNc1nc(N2CCN3C(=O)CCC3C2)c(F)cc1F. The number of amides is 1. The fraction of sp³-hybridized carbons (Fsp3) is 0.500. The van der Waals surface area contributed by atoms with Gasteiger partial charge >= 0.3 is 0 Å². The van der Waals surface area contributed by atoms with E-state index < -0.39 is 11.6 Å². The Bertz CT molecular complexity index is 553. The quantitative estimate of drug-likeness (QED) is 0.609. The van der Waals surface area contributed by atoms with E-state index in [1.165, 1.54) is 0 Å². The van der Waals surface area contributed by atoms with E-state index in [0.29, 0.717) is 26.1 Å². The van der Waals surface area contributed by atoms with Crippen LogP contribution < -0.4 is 16.2 Å². The second-order valence-electron chi connectivity index (χ2n) is 4.99. The molecule has 3 heterocycles. The van der Waals surface area contributed by atoms with Crippen molar-refractivity contribution < 1.29 is 13.6 Å². The van der Waals surface area contributed by atoms with E-state index >= 15 is 0 Å². The molecule has 1 aromatic heterocycles. The summed E-state index contributed by atoms with van der Waals surface area (Å²) in [7, 11) is 0. The molecule has 3 N–H and O–H groups in total. The second-order valence-corrected chi connectivity index (χ2v) is 4.99. The van der Waals surface area contributed by atoms with Crippen LogP contribution in [0.2, 0.25) is 0 Å². The zero-order valence-corrected chi connectivity index (χ0v) is 10.8. The summed E-state index contributed by atoms with van der Waals surface area (Å²) in [6.45, 7) is 1.51. The van der Waals surface area contributed by atoms with Crippen LogP contribution >= 0.6 is 0 Å². The zero-order chi connectivity index (χ0) is 14.3. The molecule has 6 nitrogen and oxygen atoms in total. The van der Waals surface area contributed by atoms with Gasteiger partial charge in [0.1, 0.15) is 0 Å². The molecule has 8 heteroatoms. The Morgan fingerprint density at radius 1 is 1.35 bits per heavy atom. The summed E-state index contributed by atoms with van der Waals surface area (Å²) in [5, 5.41) is 0. The summed E-state index contributed by atoms with van der Waals surface area (Å²) in [4.78, 5) is 19.0. The first kappa shape index (κ1) is 13.0. The number of pyridine rings is 1. The van der Waals surface area contributed by atoms with Crippen LogP contribution in [0.1, 0.15) is 12.8 Å². The Morgan fingerprint density at radius 2 is 2.15 bits per heavy atom. The number of hydrogen-bond donors (Lipinski definition) is 2. The number of nitrogen functional groups attached to an aromatic ring is 1. The van der Waals surface area contributed by atoms with E-state index in [1.807, 2.05) is 4.90 Å². The number of halogens is 2. The minimum absolute atomic E-state index is 0.0679. The average molecular weight is 283 g/mol. The zero-order valence-electron chi connectivity index (χ0n) is 10.8. The fourth-order valence-electron chi connectivity index (χ4n) is 2.84. The van der Waals surface area contributed by atoms with Gasteiger partial charge in [0.25, 0.3) is 0 Å². The molecule has 2 aliphatic heterocycles. The number of carbonyl (C=O) groups excluding carboxylic acids is 1. The lowest BCUT2D eigenvalue weighted by Gasteiger charge is -2.38. The molecule has 1 atom stereocenters. The van der Waals surface area contributed by atoms with Crippen molar-refractivity contribution in [3.05, 3.63) is 17.7 Å². The average Bonchev–Trinajstić information content (AvgIpc) is 2.80. The molecular formula is C12H15F2N5O. The standard InChI is InChI=1S/C12H15F2N5O/c13-8-5-9(14)12(16-11(8)17-15)18-3-4-19-7(6-18)1-2-10(19)20/h5,7H,1-4,6,15H2,(H,16,17). The van der Waals surface area contributed by atoms with Crippen molar-refractivity contribution in [1.82, 2.24) is 9.88 Å². The summed E-state index contributed by atoms with van der Waals surface area (Å²) in [5.74, 6) is 3.63. The van der Waals surface area contributed by atoms with Crippen LogP contribution in [0.4, 0.5) is 20.4 Å². The first-order valence-electron chi connectivity index (χ1n) is 6.47. The molecule has 3 rings (SSSR count). The lowest BCUT2D eigenvalue weighted by atomic mass is 10.1. The molecule has 1 aromatic rings. The third-order valence-corrected chi connectivity index (χ3v) is 3.84. The number of hydrazine groups is 1. The van der Waals surface area contributed by atoms with E-state index in [-0.39, 0.29) is 23.6 Å². The summed E-state index contributed by atoms with van der Waals surface area (Å²) in [5.41, 5.74) is 2.11. The number of rotatable bonds is 2. The minimum Gasteiger partial charge on any atom is -0.350 e. The van der Waals surface area contributed by atoms with Crippen LogP contribution in [0.15, 0.2) is 6.07 Å². The van der Waals surface area contributed by atoms with Crippen LogP contribution in [0.25, 0.3) is 0 Å². The van der Waals surface area contributed by atoms with E-state index in [1.54, 1.807) is 4.90 Å². The molecule has 2 saturated heterocycles. The topological polar surface area (TPSA) is 74.5 Å². The maximum atomic E-state index is 13.9. The van der Waals surface area contributed by atoms with E-state index in [2.05, 4.69) is 10.4 Å². The van der Waals surface area contributed by atoms with Gasteiger partial charge in [-0.3, -0.25) is 4.79 Å². The number of piperazine rings is 1. The lowest BCUT2D eigenvalue weighted by molar-refractivity contribution is -0.129. The van der Waals surface area contributed by atoms with Gasteiger partial charge in [-0.05, 0) is 6.42 Å². The highest BCUT2D eigenvalue weighted by molar-refractivity contribution is 5.79. The molecule has 1 amide bonds. The van der Waals surface area contributed by atoms with E-state index in [0.717, 1.165) is 12.5 Å². The van der Waals surface area contributed by atoms with Gasteiger partial charge in [-0.25, -0.2) is 19.6 Å². The van der Waals surface area contributed by atoms with Gasteiger partial charge in [0, 0.05) is 38.2 Å². The fourth-order valence-corrected chi connectivity index (χ4v) is 2.84. The highest BCUT2D eigenvalue weighted by Crippen LogP contribution is 2.28. The van der Waals surface area contributed by atoms with Crippen LogP contribution in [0.5, 0.6) is 0 Å². The van der Waals surface area contributed by atoms with Crippen molar-refractivity contribution in [2.24, 2.45) is 5.84 Å². The van der Waals surface area contributed by atoms with Gasteiger partial charge in [0.2, 0.25) is 5.91 Å². The van der Waals surface area contributed by atoms with Crippen LogP contribution in [0.3, 0.4) is 0 Å². The molecule has 0 saturated carbocycles. The molecule has 20 heavy (non-hydrogen) atoms. The summed E-state index contributed by atoms with van der Waals surface area (Å²) in [6.07, 6.45) is 1.30. The molecule has 2 fully saturated rings. The van der Waals surface area contributed by atoms with Gasteiger partial charge in [-0.15, -0.1) is 0 Å². The summed E-state index contributed by atoms with van der Waals surface area (Å²) in [6, 6.07) is 0.848. The number of hydrogen-bond acceptors (Lipinski definition) is 5. The number of nitrogens with two attached hydrogens (primary N) is 1. The van der Waals surface area contributed by atoms with Gasteiger partial charge in [0.05, 0.1) is 0 Å². The maximum absolute atomic E-state index is 13.9. The predicted molar refractivity (Wildman–Crippen MR) is 68.9 cm³/mol. The highest BCUT2D eigenvalue weighted by atomic mass is 19.1. The Hall–Kier alpha value is -1.96. The largest absolute Gasteiger partial charge is 0.350 e. The van der Waals surface area contributed by atoms with E-state index in [9.17, 15) is 13.6 Å². The number of carbonyl (C=O) groups is 1. The number of anilines is 2. The molecule has 108 valence electrons. The van der Waals surface area contributed by atoms with Crippen LogP contribution in [-0.4, -0.2) is 41.5 Å². The van der Waals surface area contributed by atoms with Gasteiger partial charge < -0.3 is 15.2 Å². The van der Waals surface area contributed by atoms with Crippen molar-refractivity contribution in [2.45, 2.75) is 18.9 Å². The van der Waals surface area contributed by atoms with Crippen LogP contribution in [-0.2, 0) is 4.79 Å². The van der Waals surface area contributed by atoms with Crippen molar-refractivity contribution >= 4 is 17.5 Å². The highest BCUT2D eigenvalue weighted by Gasteiger charge is 2.36. The summed E-state index contributed by atoms with van der Waals surface area (Å²) < 4.78 is 27.2. The molecule has 1 unspecified atom stereocenters. The number of fused-ring (bicyclic) bond motifs is 1. The molecule has 0 aromatic carbocycles. The van der Waals surface area contributed by atoms with Crippen molar-refractivity contribution in [1.29, 1.82) is 0 Å². The molecule has 0 bridgehead atoms. The van der Waals surface area contributed by atoms with Gasteiger partial charge in [-0.2, -0.15) is 0 Å². The number of nitrogens with one attached hydrogen (secondary N) is 1. The van der Waals surface area contributed by atoms with Gasteiger partial charge in [-0.1, -0.05) is 0 Å². The smallest absolute Gasteiger partial charge is 0.223 e. The van der Waals surface area contributed by atoms with Crippen molar-refractivity contribution in [2.75, 3.05) is 30.0 Å². The molecule has 0 aliphatic carbocycles. The first-order valence-corrected chi connectivity index (χ1v) is 6.47. The molecule has 2 aliphatic rings. The Kier molecular flexibility index (Phi) is 3.17. The van der Waals surface area contributed by atoms with E-state index in [4.69, 9.17) is 5.84 Å². The Balaban J connectivity index is 1.85. The minimum atomic E-state index is -0.830. The molecule has 0 spiro atoms. The predicted octanol–water partition coefficient (Wildman–Crippen LogP) is 0.456. The second kappa shape index (κ2) is 4.86. The number of aromatic nitrogens is 1. The van der Waals surface area contributed by atoms with Crippen LogP contribution in [0, 0.1) is 11.6 Å². The van der Waals surface area contributed by atoms with Crippen molar-refractivity contribution in [3.63, 3.8) is 0 Å². The Morgan fingerprint density at radius 3 is 2.90 bits per heavy atom. The van der Waals surface area contributed by atoms with Crippen molar-refractivity contribution in [3.8, 4) is 0 Å². The lowest BCUT2D eigenvalue weighted by Crippen LogP contribution is -2.52. The van der Waals surface area contributed by atoms with Gasteiger partial charge in [0.15, 0.2) is 23.3 Å². The maximum Gasteiger partial charge on any atom is 0.223 e. The third-order valence-electron chi connectivity index (χ3n) is 3.84. The normalized spacial score (nSPS) is 22.1. The Labute approximate surface area is 114 Å². The molecular weight excluding hydrogens is 268 g/mol. The molecule has 0 radical (unpaired) electrons. The summed E-state index contributed by atoms with van der Waals surface area (Å²) >= 11 is 0. The third kappa shape index (κ3) is 2.05. The first-order chi connectivity index (χ1) is 9.60. The number of nitrogens with zero attached hydrogens (tertiary/aromatic N) is 3.